The number of nitrogens with zero attached hydrogens (tertiary/aromatic N) is 3. The number of carboxylic acid groups (broad SMARTS) is 1. The molecule has 0 bridgehead atoms. The Hall–Kier alpha value is -2.17. The lowest BCUT2D eigenvalue weighted by molar-refractivity contribution is -0.146. The number of pyridine rings is 2. The molecule has 1 unspecified atom stereocenters. The van der Waals surface area contributed by atoms with Crippen LogP contribution in [0, 0.1) is 5.41 Å². The second kappa shape index (κ2) is 4.19. The first-order chi connectivity index (χ1) is 9.10. The molecule has 0 aliphatic carbocycles. The van der Waals surface area contributed by atoms with Crippen LogP contribution in [0.3, 0.4) is 0 Å². The van der Waals surface area contributed by atoms with Gasteiger partial charge in [-0.2, -0.15) is 0 Å². The molecule has 1 fully saturated rings. The maximum absolute atomic E-state index is 11.3. The fourth-order valence-corrected chi connectivity index (χ4v) is 2.60. The summed E-state index contributed by atoms with van der Waals surface area (Å²) in [5, 5.41) is 10.3. The number of anilines is 1. The molecule has 2 aromatic heterocycles. The summed E-state index contributed by atoms with van der Waals surface area (Å²) in [6.45, 7) is 3.09. The Bertz CT molecular complexity index is 638. The molecule has 5 nitrogen and oxygen atoms in total. The molecule has 2 aromatic rings. The first-order valence-corrected chi connectivity index (χ1v) is 6.27. The Labute approximate surface area is 110 Å². The predicted octanol–water partition coefficient (Wildman–Crippen LogP) is 1.93. The van der Waals surface area contributed by atoms with Gasteiger partial charge in [-0.15, -0.1) is 0 Å². The molecule has 0 radical (unpaired) electrons. The minimum atomic E-state index is -0.727. The molecule has 0 aromatic carbocycles. The molecule has 1 N–H and O–H groups in total. The van der Waals surface area contributed by atoms with Gasteiger partial charge in [-0.3, -0.25) is 14.8 Å². The minimum Gasteiger partial charge on any atom is -0.481 e. The maximum atomic E-state index is 11.3. The Kier molecular flexibility index (Phi) is 2.62. The van der Waals surface area contributed by atoms with E-state index in [9.17, 15) is 9.90 Å². The highest BCUT2D eigenvalue weighted by Crippen LogP contribution is 2.35. The van der Waals surface area contributed by atoms with Crippen molar-refractivity contribution in [3.05, 3.63) is 30.7 Å². The first-order valence-electron chi connectivity index (χ1n) is 6.27. The van der Waals surface area contributed by atoms with Crippen molar-refractivity contribution in [3.8, 4) is 0 Å². The highest BCUT2D eigenvalue weighted by Gasteiger charge is 2.40. The van der Waals surface area contributed by atoms with E-state index in [2.05, 4.69) is 14.9 Å². The van der Waals surface area contributed by atoms with Crippen molar-refractivity contribution in [3.63, 3.8) is 0 Å². The van der Waals surface area contributed by atoms with Crippen molar-refractivity contribution in [1.82, 2.24) is 9.97 Å². The van der Waals surface area contributed by atoms with Crippen LogP contribution in [-0.4, -0.2) is 34.1 Å². The summed E-state index contributed by atoms with van der Waals surface area (Å²) in [4.78, 5) is 21.8. The number of carboxylic acids is 1. The average Bonchev–Trinajstić information content (AvgIpc) is 2.82. The smallest absolute Gasteiger partial charge is 0.311 e. The van der Waals surface area contributed by atoms with E-state index in [0.29, 0.717) is 13.0 Å². The third-order valence-corrected chi connectivity index (χ3v) is 3.85. The van der Waals surface area contributed by atoms with Crippen LogP contribution in [0.5, 0.6) is 0 Å². The van der Waals surface area contributed by atoms with E-state index < -0.39 is 11.4 Å². The quantitative estimate of drug-likeness (QED) is 0.890. The molecule has 5 heteroatoms. The molecule has 19 heavy (non-hydrogen) atoms. The van der Waals surface area contributed by atoms with Crippen molar-refractivity contribution in [2.75, 3.05) is 18.0 Å². The number of aromatic nitrogens is 2. The summed E-state index contributed by atoms with van der Waals surface area (Å²) in [5.41, 5.74) is 1.21. The van der Waals surface area contributed by atoms with Gasteiger partial charge in [-0.25, -0.2) is 0 Å². The van der Waals surface area contributed by atoms with E-state index in [-0.39, 0.29) is 0 Å². The van der Waals surface area contributed by atoms with Crippen LogP contribution >= 0.6 is 0 Å². The van der Waals surface area contributed by atoms with Gasteiger partial charge in [0.2, 0.25) is 0 Å². The maximum Gasteiger partial charge on any atom is 0.311 e. The Balaban J connectivity index is 2.01. The number of carbonyl (C=O) groups is 1. The first kappa shape index (κ1) is 11.9. The molecular weight excluding hydrogens is 242 g/mol. The average molecular weight is 257 g/mol. The van der Waals surface area contributed by atoms with Crippen molar-refractivity contribution in [1.29, 1.82) is 0 Å². The highest BCUT2D eigenvalue weighted by molar-refractivity contribution is 5.91. The van der Waals surface area contributed by atoms with Crippen molar-refractivity contribution < 1.29 is 9.90 Å². The van der Waals surface area contributed by atoms with Gasteiger partial charge in [0.25, 0.3) is 0 Å². The van der Waals surface area contributed by atoms with Crippen molar-refractivity contribution in [2.24, 2.45) is 5.41 Å². The zero-order valence-corrected chi connectivity index (χ0v) is 10.7. The summed E-state index contributed by atoms with van der Waals surface area (Å²) in [7, 11) is 0. The number of hydrogen-bond donors (Lipinski definition) is 1. The predicted molar refractivity (Wildman–Crippen MR) is 72.1 cm³/mol. The van der Waals surface area contributed by atoms with E-state index >= 15 is 0 Å². The molecule has 3 rings (SSSR count). The second-order valence-corrected chi connectivity index (χ2v) is 5.26. The monoisotopic (exact) mass is 257 g/mol. The molecule has 3 heterocycles. The van der Waals surface area contributed by atoms with Crippen LogP contribution in [-0.2, 0) is 4.79 Å². The van der Waals surface area contributed by atoms with E-state index in [1.54, 1.807) is 25.5 Å². The van der Waals surface area contributed by atoms with E-state index in [1.807, 2.05) is 12.1 Å². The zero-order valence-electron chi connectivity index (χ0n) is 10.7. The summed E-state index contributed by atoms with van der Waals surface area (Å²) in [6.07, 6.45) is 5.87. The minimum absolute atomic E-state index is 0.532. The Morgan fingerprint density at radius 2 is 2.26 bits per heavy atom. The molecule has 1 atom stereocenters. The van der Waals surface area contributed by atoms with Gasteiger partial charge < -0.3 is 10.0 Å². The van der Waals surface area contributed by atoms with Crippen LogP contribution in [0.1, 0.15) is 13.3 Å². The molecule has 98 valence electrons. The highest BCUT2D eigenvalue weighted by atomic mass is 16.4. The van der Waals surface area contributed by atoms with Crippen LogP contribution in [0.2, 0.25) is 0 Å². The van der Waals surface area contributed by atoms with Gasteiger partial charge in [-0.05, 0) is 25.5 Å². The fourth-order valence-electron chi connectivity index (χ4n) is 2.60. The van der Waals surface area contributed by atoms with E-state index in [0.717, 1.165) is 23.1 Å². The number of rotatable bonds is 2. The van der Waals surface area contributed by atoms with Crippen LogP contribution in [0.15, 0.2) is 30.7 Å². The third kappa shape index (κ3) is 1.91. The van der Waals surface area contributed by atoms with Gasteiger partial charge in [0, 0.05) is 36.6 Å². The Morgan fingerprint density at radius 1 is 1.42 bits per heavy atom. The zero-order chi connectivity index (χ0) is 13.5. The normalized spacial score (nSPS) is 22.9. The van der Waals surface area contributed by atoms with E-state index in [1.165, 1.54) is 0 Å². The van der Waals surface area contributed by atoms with Crippen molar-refractivity contribution in [2.45, 2.75) is 13.3 Å². The SMILES string of the molecule is CC1(C(=O)O)CCN(c2ccnc3cnccc23)C1. The summed E-state index contributed by atoms with van der Waals surface area (Å²) in [5.74, 6) is -0.727. The molecule has 1 saturated heterocycles. The molecule has 1 aliphatic heterocycles. The van der Waals surface area contributed by atoms with Gasteiger partial charge in [-0.1, -0.05) is 0 Å². The number of fused-ring (bicyclic) bond motifs is 1. The number of hydrogen-bond acceptors (Lipinski definition) is 4. The summed E-state index contributed by atoms with van der Waals surface area (Å²) >= 11 is 0. The Morgan fingerprint density at radius 3 is 3.00 bits per heavy atom. The lowest BCUT2D eigenvalue weighted by Gasteiger charge is -2.22. The number of aliphatic carboxylic acids is 1. The van der Waals surface area contributed by atoms with Gasteiger partial charge in [0.1, 0.15) is 0 Å². The topological polar surface area (TPSA) is 66.3 Å². The van der Waals surface area contributed by atoms with Gasteiger partial charge in [0.05, 0.1) is 17.1 Å². The van der Waals surface area contributed by atoms with Crippen LogP contribution in [0.4, 0.5) is 5.69 Å². The lowest BCUT2D eigenvalue weighted by atomic mass is 9.90. The molecule has 0 saturated carbocycles. The van der Waals surface area contributed by atoms with Crippen molar-refractivity contribution >= 4 is 22.6 Å². The summed E-state index contributed by atoms with van der Waals surface area (Å²) in [6, 6.07) is 3.87. The van der Waals surface area contributed by atoms with Gasteiger partial charge in [0.15, 0.2) is 0 Å². The lowest BCUT2D eigenvalue weighted by Crippen LogP contribution is -2.31. The standard InChI is InChI=1S/C14H15N3O2/c1-14(13(18)19)4-7-17(9-14)12-3-6-16-11-8-15-5-2-10(11)12/h2-3,5-6,8H,4,7,9H2,1H3,(H,18,19). The third-order valence-electron chi connectivity index (χ3n) is 3.85. The molecule has 0 amide bonds. The summed E-state index contributed by atoms with van der Waals surface area (Å²) < 4.78 is 0. The van der Waals surface area contributed by atoms with Crippen LogP contribution in [0.25, 0.3) is 10.9 Å². The van der Waals surface area contributed by atoms with E-state index in [4.69, 9.17) is 0 Å². The second-order valence-electron chi connectivity index (χ2n) is 5.26. The molecule has 1 aliphatic rings. The van der Waals surface area contributed by atoms with Gasteiger partial charge >= 0.3 is 5.97 Å². The fraction of sp³-hybridized carbons (Fsp3) is 0.357. The molecular formula is C14H15N3O2. The largest absolute Gasteiger partial charge is 0.481 e. The molecule has 0 spiro atoms. The van der Waals surface area contributed by atoms with Crippen LogP contribution < -0.4 is 4.90 Å².